The summed E-state index contributed by atoms with van der Waals surface area (Å²) in [4.78, 5) is 0. The lowest BCUT2D eigenvalue weighted by Gasteiger charge is -2.13. The molecule has 112 valence electrons. The molecule has 1 N–H and O–H groups in total. The van der Waals surface area contributed by atoms with Crippen LogP contribution in [0, 0.1) is 0 Å². The third-order valence-corrected chi connectivity index (χ3v) is 3.30. The van der Waals surface area contributed by atoms with Crippen molar-refractivity contribution in [2.75, 3.05) is 6.61 Å². The fourth-order valence-electron chi connectivity index (χ4n) is 2.21. The number of hydrogen-bond donors (Lipinski definition) is 1. The van der Waals surface area contributed by atoms with E-state index in [1.54, 1.807) is 0 Å². The molecule has 2 heteroatoms. The molecule has 0 aliphatic heterocycles. The molecule has 21 heavy (non-hydrogen) atoms. The maximum Gasteiger partial charge on any atom is 0.127 e. The van der Waals surface area contributed by atoms with Gasteiger partial charge in [-0.15, -0.1) is 0 Å². The average Bonchev–Trinajstić information content (AvgIpc) is 2.51. The molecule has 0 saturated carbocycles. The van der Waals surface area contributed by atoms with Gasteiger partial charge in [0.15, 0.2) is 0 Å². The lowest BCUT2D eigenvalue weighted by molar-refractivity contribution is 0.318. The molecule has 0 saturated heterocycles. The second-order valence-electron chi connectivity index (χ2n) is 5.58. The summed E-state index contributed by atoms with van der Waals surface area (Å²) in [5.74, 6) is 0.966. The van der Waals surface area contributed by atoms with Gasteiger partial charge in [0.1, 0.15) is 5.75 Å². The topological polar surface area (TPSA) is 21.3 Å². The zero-order chi connectivity index (χ0) is 15.1. The highest BCUT2D eigenvalue weighted by molar-refractivity contribution is 5.70. The zero-order valence-electron chi connectivity index (χ0n) is 13.2. The number of rotatable bonds is 7. The van der Waals surface area contributed by atoms with Gasteiger partial charge in [0.05, 0.1) is 6.61 Å². The molecule has 0 radical (unpaired) electrons. The van der Waals surface area contributed by atoms with Crippen LogP contribution in [0.1, 0.15) is 32.8 Å². The number of benzene rings is 2. The first-order valence-electron chi connectivity index (χ1n) is 7.75. The Hall–Kier alpha value is -1.80. The number of nitrogens with one attached hydrogen (secondary N) is 1. The fraction of sp³-hybridized carbons (Fsp3) is 0.368. The van der Waals surface area contributed by atoms with E-state index in [1.807, 2.05) is 12.1 Å². The molecule has 0 aliphatic carbocycles. The van der Waals surface area contributed by atoms with Gasteiger partial charge in [0.2, 0.25) is 0 Å². The highest BCUT2D eigenvalue weighted by atomic mass is 16.5. The van der Waals surface area contributed by atoms with Crippen LogP contribution in [0.25, 0.3) is 11.1 Å². The van der Waals surface area contributed by atoms with Crippen molar-refractivity contribution in [2.45, 2.75) is 39.8 Å². The van der Waals surface area contributed by atoms with Crippen LogP contribution in [0.3, 0.4) is 0 Å². The Morgan fingerprint density at radius 1 is 1.05 bits per heavy atom. The van der Waals surface area contributed by atoms with E-state index in [-0.39, 0.29) is 0 Å². The summed E-state index contributed by atoms with van der Waals surface area (Å²) in [7, 11) is 0. The first-order valence-corrected chi connectivity index (χ1v) is 7.75. The molecule has 0 amide bonds. The smallest absolute Gasteiger partial charge is 0.127 e. The van der Waals surface area contributed by atoms with Gasteiger partial charge in [-0.05, 0) is 29.7 Å². The second-order valence-corrected chi connectivity index (χ2v) is 5.58. The second kappa shape index (κ2) is 7.84. The summed E-state index contributed by atoms with van der Waals surface area (Å²) in [6.07, 6.45) is 1.02. The Morgan fingerprint density at radius 3 is 2.62 bits per heavy atom. The van der Waals surface area contributed by atoms with E-state index in [2.05, 4.69) is 62.5 Å². The Bertz CT molecular complexity index is 563. The summed E-state index contributed by atoms with van der Waals surface area (Å²) in [5.41, 5.74) is 3.67. The highest BCUT2D eigenvalue weighted by Crippen LogP contribution is 2.30. The quantitative estimate of drug-likeness (QED) is 0.799. The van der Waals surface area contributed by atoms with Gasteiger partial charge in [-0.2, -0.15) is 0 Å². The highest BCUT2D eigenvalue weighted by Gasteiger charge is 2.06. The van der Waals surface area contributed by atoms with Crippen molar-refractivity contribution < 1.29 is 4.74 Å². The molecular formula is C19H25NO. The van der Waals surface area contributed by atoms with Crippen LogP contribution >= 0.6 is 0 Å². The van der Waals surface area contributed by atoms with E-state index in [0.29, 0.717) is 6.04 Å². The molecular weight excluding hydrogens is 258 g/mol. The number of ether oxygens (including phenoxy) is 1. The van der Waals surface area contributed by atoms with Crippen molar-refractivity contribution in [3.63, 3.8) is 0 Å². The number of hydrogen-bond acceptors (Lipinski definition) is 2. The van der Waals surface area contributed by atoms with E-state index in [4.69, 9.17) is 4.74 Å². The normalized spacial score (nSPS) is 10.9. The standard InChI is InChI=1S/C19H25NO/c1-4-12-21-19-11-6-5-10-18(19)17-9-7-8-16(13-17)14-20-15(2)3/h5-11,13,15,20H,4,12,14H2,1-3H3. The van der Waals surface area contributed by atoms with Crippen molar-refractivity contribution in [3.05, 3.63) is 54.1 Å². The zero-order valence-corrected chi connectivity index (χ0v) is 13.2. The first-order chi connectivity index (χ1) is 10.2. The maximum absolute atomic E-state index is 5.86. The van der Waals surface area contributed by atoms with Gasteiger partial charge in [0, 0.05) is 18.2 Å². The Morgan fingerprint density at radius 2 is 1.86 bits per heavy atom. The Labute approximate surface area is 128 Å². The Balaban J connectivity index is 2.23. The van der Waals surface area contributed by atoms with Gasteiger partial charge < -0.3 is 10.1 Å². The molecule has 0 aliphatic rings. The monoisotopic (exact) mass is 283 g/mol. The molecule has 2 aromatic rings. The summed E-state index contributed by atoms with van der Waals surface area (Å²) < 4.78 is 5.86. The molecule has 0 atom stereocenters. The lowest BCUT2D eigenvalue weighted by atomic mass is 10.0. The van der Waals surface area contributed by atoms with Crippen molar-refractivity contribution in [2.24, 2.45) is 0 Å². The van der Waals surface area contributed by atoms with E-state index in [9.17, 15) is 0 Å². The van der Waals surface area contributed by atoms with Crippen LogP contribution in [0.15, 0.2) is 48.5 Å². The van der Waals surface area contributed by atoms with Crippen molar-refractivity contribution >= 4 is 0 Å². The average molecular weight is 283 g/mol. The van der Waals surface area contributed by atoms with E-state index in [1.165, 1.54) is 11.1 Å². The van der Waals surface area contributed by atoms with Crippen LogP contribution in [0.4, 0.5) is 0 Å². The molecule has 0 unspecified atom stereocenters. The Kier molecular flexibility index (Phi) is 5.82. The largest absolute Gasteiger partial charge is 0.493 e. The van der Waals surface area contributed by atoms with Crippen LogP contribution in [-0.4, -0.2) is 12.6 Å². The molecule has 0 aromatic heterocycles. The third kappa shape index (κ3) is 4.61. The minimum Gasteiger partial charge on any atom is -0.493 e. The first kappa shape index (κ1) is 15.6. The van der Waals surface area contributed by atoms with Gasteiger partial charge in [-0.3, -0.25) is 0 Å². The third-order valence-electron chi connectivity index (χ3n) is 3.30. The summed E-state index contributed by atoms with van der Waals surface area (Å²) in [5, 5.41) is 3.46. The summed E-state index contributed by atoms with van der Waals surface area (Å²) in [6.45, 7) is 8.10. The molecule has 2 nitrogen and oxygen atoms in total. The minimum absolute atomic E-state index is 0.494. The van der Waals surface area contributed by atoms with Crippen LogP contribution in [0.2, 0.25) is 0 Å². The molecule has 0 heterocycles. The maximum atomic E-state index is 5.86. The summed E-state index contributed by atoms with van der Waals surface area (Å²) >= 11 is 0. The van der Waals surface area contributed by atoms with Crippen molar-refractivity contribution in [3.8, 4) is 16.9 Å². The van der Waals surface area contributed by atoms with E-state index in [0.717, 1.165) is 30.9 Å². The van der Waals surface area contributed by atoms with Gasteiger partial charge in [0.25, 0.3) is 0 Å². The molecule has 2 rings (SSSR count). The van der Waals surface area contributed by atoms with Gasteiger partial charge >= 0.3 is 0 Å². The van der Waals surface area contributed by atoms with Crippen LogP contribution < -0.4 is 10.1 Å². The number of para-hydroxylation sites is 1. The van der Waals surface area contributed by atoms with Crippen LogP contribution in [-0.2, 0) is 6.54 Å². The molecule has 2 aromatic carbocycles. The molecule has 0 bridgehead atoms. The van der Waals surface area contributed by atoms with E-state index >= 15 is 0 Å². The lowest BCUT2D eigenvalue weighted by Crippen LogP contribution is -2.21. The fourth-order valence-corrected chi connectivity index (χ4v) is 2.21. The summed E-state index contributed by atoms with van der Waals surface area (Å²) in [6, 6.07) is 17.4. The minimum atomic E-state index is 0.494. The van der Waals surface area contributed by atoms with E-state index < -0.39 is 0 Å². The SMILES string of the molecule is CCCOc1ccccc1-c1cccc(CNC(C)C)c1. The van der Waals surface area contributed by atoms with Gasteiger partial charge in [-0.25, -0.2) is 0 Å². The van der Waals surface area contributed by atoms with Gasteiger partial charge in [-0.1, -0.05) is 57.2 Å². The molecule has 0 fully saturated rings. The van der Waals surface area contributed by atoms with Crippen LogP contribution in [0.5, 0.6) is 5.75 Å². The predicted octanol–water partition coefficient (Wildman–Crippen LogP) is 4.64. The predicted molar refractivity (Wildman–Crippen MR) is 89.6 cm³/mol. The van der Waals surface area contributed by atoms with Crippen molar-refractivity contribution in [1.82, 2.24) is 5.32 Å². The molecule has 0 spiro atoms. The van der Waals surface area contributed by atoms with Crippen molar-refractivity contribution in [1.29, 1.82) is 0 Å².